The summed E-state index contributed by atoms with van der Waals surface area (Å²) in [5, 5.41) is 3.52. The predicted molar refractivity (Wildman–Crippen MR) is 77.3 cm³/mol. The summed E-state index contributed by atoms with van der Waals surface area (Å²) in [6.45, 7) is 1.71. The Morgan fingerprint density at radius 2 is 2.35 bits per heavy atom. The quantitative estimate of drug-likeness (QED) is 0.841. The van der Waals surface area contributed by atoms with Crippen molar-refractivity contribution in [3.8, 4) is 0 Å². The van der Waals surface area contributed by atoms with E-state index in [4.69, 9.17) is 4.42 Å². The fourth-order valence-electron chi connectivity index (χ4n) is 2.51. The third-order valence-electron chi connectivity index (χ3n) is 3.83. The van der Waals surface area contributed by atoms with Crippen LogP contribution in [0.5, 0.6) is 0 Å². The van der Waals surface area contributed by atoms with Crippen molar-refractivity contribution in [1.29, 1.82) is 0 Å². The van der Waals surface area contributed by atoms with Crippen molar-refractivity contribution in [2.24, 2.45) is 0 Å². The zero-order chi connectivity index (χ0) is 13.9. The van der Waals surface area contributed by atoms with Crippen LogP contribution in [0.25, 0.3) is 0 Å². The molecule has 0 aliphatic heterocycles. The maximum atomic E-state index is 5.52. The minimum Gasteiger partial charge on any atom is -0.468 e. The first kappa shape index (κ1) is 13.4. The van der Waals surface area contributed by atoms with E-state index in [2.05, 4.69) is 33.9 Å². The number of aromatic nitrogens is 2. The van der Waals surface area contributed by atoms with Gasteiger partial charge in [0.1, 0.15) is 5.76 Å². The Morgan fingerprint density at radius 1 is 1.50 bits per heavy atom. The zero-order valence-electron chi connectivity index (χ0n) is 12.1. The second kappa shape index (κ2) is 5.81. The van der Waals surface area contributed by atoms with Crippen LogP contribution in [0, 0.1) is 0 Å². The standard InChI is InChI=1S/C15H22N4O/c1-18(2)14(15-4-3-7-20-15)10-16-8-13-9-17-11-19(13)12-5-6-12/h3-4,7,9,11-12,14,16H,5-6,8,10H2,1-2H3. The number of hydrogen-bond acceptors (Lipinski definition) is 4. The van der Waals surface area contributed by atoms with E-state index in [0.717, 1.165) is 18.8 Å². The van der Waals surface area contributed by atoms with E-state index in [1.807, 2.05) is 24.7 Å². The van der Waals surface area contributed by atoms with Gasteiger partial charge in [-0.1, -0.05) is 0 Å². The summed E-state index contributed by atoms with van der Waals surface area (Å²) in [6, 6.07) is 4.90. The van der Waals surface area contributed by atoms with Crippen LogP contribution in [-0.4, -0.2) is 35.1 Å². The topological polar surface area (TPSA) is 46.2 Å². The van der Waals surface area contributed by atoms with Crippen LogP contribution in [0.2, 0.25) is 0 Å². The number of imidazole rings is 1. The van der Waals surface area contributed by atoms with Crippen molar-refractivity contribution in [3.63, 3.8) is 0 Å². The zero-order valence-corrected chi connectivity index (χ0v) is 12.1. The molecule has 0 radical (unpaired) electrons. The number of hydrogen-bond donors (Lipinski definition) is 1. The van der Waals surface area contributed by atoms with Gasteiger partial charge in [-0.15, -0.1) is 0 Å². The molecular formula is C15H22N4O. The molecule has 2 heterocycles. The van der Waals surface area contributed by atoms with E-state index in [1.54, 1.807) is 6.26 Å². The van der Waals surface area contributed by atoms with Gasteiger partial charge in [-0.2, -0.15) is 0 Å². The summed E-state index contributed by atoms with van der Waals surface area (Å²) < 4.78 is 7.81. The van der Waals surface area contributed by atoms with Crippen LogP contribution in [-0.2, 0) is 6.54 Å². The average molecular weight is 274 g/mol. The van der Waals surface area contributed by atoms with Crippen LogP contribution >= 0.6 is 0 Å². The molecule has 1 N–H and O–H groups in total. The van der Waals surface area contributed by atoms with E-state index in [-0.39, 0.29) is 6.04 Å². The first-order valence-corrected chi connectivity index (χ1v) is 7.17. The monoisotopic (exact) mass is 274 g/mol. The van der Waals surface area contributed by atoms with Crippen LogP contribution in [0.1, 0.15) is 36.4 Å². The molecule has 3 rings (SSSR count). The lowest BCUT2D eigenvalue weighted by molar-refractivity contribution is 0.249. The lowest BCUT2D eigenvalue weighted by atomic mass is 10.2. The van der Waals surface area contributed by atoms with Crippen LogP contribution in [0.3, 0.4) is 0 Å². The largest absolute Gasteiger partial charge is 0.468 e. The van der Waals surface area contributed by atoms with Gasteiger partial charge in [-0.05, 0) is 39.1 Å². The molecule has 1 aliphatic carbocycles. The van der Waals surface area contributed by atoms with E-state index in [9.17, 15) is 0 Å². The fraction of sp³-hybridized carbons (Fsp3) is 0.533. The normalized spacial score (nSPS) is 16.8. The van der Waals surface area contributed by atoms with E-state index >= 15 is 0 Å². The second-order valence-electron chi connectivity index (χ2n) is 5.65. The van der Waals surface area contributed by atoms with Gasteiger partial charge in [-0.3, -0.25) is 4.90 Å². The maximum Gasteiger partial charge on any atom is 0.122 e. The minimum absolute atomic E-state index is 0.252. The van der Waals surface area contributed by atoms with Crippen molar-refractivity contribution < 1.29 is 4.42 Å². The molecule has 108 valence electrons. The molecule has 0 saturated heterocycles. The molecule has 5 heteroatoms. The summed E-state index contributed by atoms with van der Waals surface area (Å²) >= 11 is 0. The Labute approximate surface area is 119 Å². The lowest BCUT2D eigenvalue weighted by Gasteiger charge is -2.22. The van der Waals surface area contributed by atoms with E-state index in [0.29, 0.717) is 6.04 Å². The summed E-state index contributed by atoms with van der Waals surface area (Å²) in [5.41, 5.74) is 1.27. The summed E-state index contributed by atoms with van der Waals surface area (Å²) in [4.78, 5) is 6.43. The van der Waals surface area contributed by atoms with Gasteiger partial charge >= 0.3 is 0 Å². The number of rotatable bonds is 7. The summed E-state index contributed by atoms with van der Waals surface area (Å²) in [5.74, 6) is 0.998. The van der Waals surface area contributed by atoms with Gasteiger partial charge in [0.15, 0.2) is 0 Å². The van der Waals surface area contributed by atoms with Crippen LogP contribution in [0.4, 0.5) is 0 Å². The van der Waals surface area contributed by atoms with E-state index < -0.39 is 0 Å². The highest BCUT2D eigenvalue weighted by atomic mass is 16.3. The number of nitrogens with one attached hydrogen (secondary N) is 1. The van der Waals surface area contributed by atoms with Gasteiger partial charge in [0, 0.05) is 25.3 Å². The number of nitrogens with zero attached hydrogens (tertiary/aromatic N) is 3. The van der Waals surface area contributed by atoms with Crippen molar-refractivity contribution in [2.75, 3.05) is 20.6 Å². The van der Waals surface area contributed by atoms with Crippen LogP contribution < -0.4 is 5.32 Å². The fourth-order valence-corrected chi connectivity index (χ4v) is 2.51. The third-order valence-corrected chi connectivity index (χ3v) is 3.83. The summed E-state index contributed by atoms with van der Waals surface area (Å²) in [7, 11) is 4.15. The predicted octanol–water partition coefficient (Wildman–Crippen LogP) is 2.20. The molecule has 1 unspecified atom stereocenters. The number of furan rings is 1. The maximum absolute atomic E-state index is 5.52. The number of likely N-dealkylation sites (N-methyl/N-ethyl adjacent to an activating group) is 1. The van der Waals surface area contributed by atoms with Gasteiger partial charge in [0.2, 0.25) is 0 Å². The van der Waals surface area contributed by atoms with Crippen molar-refractivity contribution in [3.05, 3.63) is 42.4 Å². The molecule has 1 atom stereocenters. The molecular weight excluding hydrogens is 252 g/mol. The molecule has 0 aromatic carbocycles. The molecule has 5 nitrogen and oxygen atoms in total. The van der Waals surface area contributed by atoms with Crippen LogP contribution in [0.15, 0.2) is 35.3 Å². The van der Waals surface area contributed by atoms with Gasteiger partial charge < -0.3 is 14.3 Å². The molecule has 0 amide bonds. The molecule has 0 spiro atoms. The first-order valence-electron chi connectivity index (χ1n) is 7.17. The molecule has 0 bridgehead atoms. The van der Waals surface area contributed by atoms with Crippen molar-refractivity contribution in [2.45, 2.75) is 31.5 Å². The Hall–Kier alpha value is -1.59. The van der Waals surface area contributed by atoms with Crippen molar-refractivity contribution >= 4 is 0 Å². The molecule has 1 aliphatic rings. The second-order valence-corrected chi connectivity index (χ2v) is 5.65. The molecule has 1 saturated carbocycles. The van der Waals surface area contributed by atoms with E-state index in [1.165, 1.54) is 18.5 Å². The highest BCUT2D eigenvalue weighted by Gasteiger charge is 2.25. The first-order chi connectivity index (χ1) is 9.75. The Kier molecular flexibility index (Phi) is 3.89. The Bertz CT molecular complexity index is 528. The Morgan fingerprint density at radius 3 is 3.00 bits per heavy atom. The average Bonchev–Trinajstić information content (AvgIpc) is 2.94. The van der Waals surface area contributed by atoms with Crippen molar-refractivity contribution in [1.82, 2.24) is 19.8 Å². The molecule has 20 heavy (non-hydrogen) atoms. The lowest BCUT2D eigenvalue weighted by Crippen LogP contribution is -2.31. The molecule has 1 fully saturated rings. The Balaban J connectivity index is 1.56. The highest BCUT2D eigenvalue weighted by Crippen LogP contribution is 2.35. The third kappa shape index (κ3) is 2.94. The summed E-state index contributed by atoms with van der Waals surface area (Å²) in [6.07, 6.45) is 8.22. The van der Waals surface area contributed by atoms with Gasteiger partial charge in [0.05, 0.1) is 24.3 Å². The smallest absolute Gasteiger partial charge is 0.122 e. The molecule has 2 aromatic rings. The SMILES string of the molecule is CN(C)C(CNCc1cncn1C1CC1)c1ccco1. The molecule has 2 aromatic heterocycles. The van der Waals surface area contributed by atoms with Gasteiger partial charge in [-0.25, -0.2) is 4.98 Å². The highest BCUT2D eigenvalue weighted by molar-refractivity contribution is 5.06. The van der Waals surface area contributed by atoms with Gasteiger partial charge in [0.25, 0.3) is 0 Å². The minimum atomic E-state index is 0.252.